The first-order chi connectivity index (χ1) is 15.4. The Morgan fingerprint density at radius 1 is 1.12 bits per heavy atom. The summed E-state index contributed by atoms with van der Waals surface area (Å²) >= 11 is 0. The Balaban J connectivity index is 1.94. The van der Waals surface area contributed by atoms with Gasteiger partial charge in [-0.3, -0.25) is 14.9 Å². The minimum absolute atomic E-state index is 0.00253. The summed E-state index contributed by atoms with van der Waals surface area (Å²) in [4.78, 5) is 25.7. The molecule has 0 aromatic heterocycles. The number of methoxy groups -OCH3 is 2. The largest absolute Gasteiger partial charge is 0.493 e. The van der Waals surface area contributed by atoms with Crippen LogP contribution in [0.1, 0.15) is 43.9 Å². The van der Waals surface area contributed by atoms with Crippen molar-refractivity contribution in [3.05, 3.63) is 57.6 Å². The molecule has 32 heavy (non-hydrogen) atoms. The lowest BCUT2D eigenvalue weighted by molar-refractivity contribution is -0.384. The van der Waals surface area contributed by atoms with E-state index in [9.17, 15) is 14.9 Å². The van der Waals surface area contributed by atoms with Gasteiger partial charge in [-0.2, -0.15) is 0 Å². The number of rotatable bonds is 9. The van der Waals surface area contributed by atoms with Gasteiger partial charge < -0.3 is 19.1 Å². The molecule has 8 heteroatoms. The molecule has 172 valence electrons. The zero-order chi connectivity index (χ0) is 23.3. The smallest absolute Gasteiger partial charge is 0.269 e. The van der Waals surface area contributed by atoms with E-state index >= 15 is 0 Å². The molecule has 1 atom stereocenters. The molecule has 0 radical (unpaired) electrons. The summed E-state index contributed by atoms with van der Waals surface area (Å²) < 4.78 is 17.0. The molecule has 0 aliphatic carbocycles. The minimum atomic E-state index is -0.448. The standard InChI is InChI=1S/C24H30N2O6/c1-5-16(6-2)24(27)25-12-11-17-13-22(30-3)23(31-4)14-20(17)21(25)15-32-19-9-7-18(8-10-19)26(28)29/h7-10,13-14,16,21H,5-6,11-12,15H2,1-4H3/t21-/m1/s1. The molecule has 0 saturated heterocycles. The van der Waals surface area contributed by atoms with Crippen molar-refractivity contribution in [2.45, 2.75) is 39.2 Å². The average molecular weight is 443 g/mol. The van der Waals surface area contributed by atoms with Crippen molar-refractivity contribution in [2.24, 2.45) is 5.92 Å². The summed E-state index contributed by atoms with van der Waals surface area (Å²) in [5, 5.41) is 10.9. The van der Waals surface area contributed by atoms with Crippen LogP contribution in [0, 0.1) is 16.0 Å². The molecule has 1 heterocycles. The highest BCUT2D eigenvalue weighted by Gasteiger charge is 2.35. The fourth-order valence-electron chi connectivity index (χ4n) is 4.18. The van der Waals surface area contributed by atoms with Crippen molar-refractivity contribution < 1.29 is 23.9 Å². The van der Waals surface area contributed by atoms with E-state index in [0.29, 0.717) is 23.8 Å². The van der Waals surface area contributed by atoms with Gasteiger partial charge in [0.2, 0.25) is 5.91 Å². The maximum Gasteiger partial charge on any atom is 0.269 e. The first-order valence-electron chi connectivity index (χ1n) is 10.9. The number of carbonyl (C=O) groups is 1. The predicted octanol–water partition coefficient (Wildman–Crippen LogP) is 4.55. The molecule has 1 aliphatic rings. The monoisotopic (exact) mass is 442 g/mol. The van der Waals surface area contributed by atoms with E-state index in [2.05, 4.69) is 0 Å². The van der Waals surface area contributed by atoms with Gasteiger partial charge in [-0.1, -0.05) is 13.8 Å². The molecular formula is C24H30N2O6. The van der Waals surface area contributed by atoms with Crippen LogP contribution in [0.5, 0.6) is 17.2 Å². The number of nitro benzene ring substituents is 1. The van der Waals surface area contributed by atoms with Gasteiger partial charge in [0.1, 0.15) is 12.4 Å². The summed E-state index contributed by atoms with van der Waals surface area (Å²) in [6, 6.07) is 9.54. The summed E-state index contributed by atoms with van der Waals surface area (Å²) in [7, 11) is 3.19. The second-order valence-corrected chi connectivity index (χ2v) is 7.78. The number of non-ortho nitro benzene ring substituents is 1. The maximum atomic E-state index is 13.3. The summed E-state index contributed by atoms with van der Waals surface area (Å²) in [5.74, 6) is 1.84. The third-order valence-corrected chi connectivity index (χ3v) is 6.08. The van der Waals surface area contributed by atoms with Gasteiger partial charge >= 0.3 is 0 Å². The normalized spacial score (nSPS) is 15.3. The molecule has 3 rings (SSSR count). The zero-order valence-corrected chi connectivity index (χ0v) is 19.0. The minimum Gasteiger partial charge on any atom is -0.493 e. The lowest BCUT2D eigenvalue weighted by Crippen LogP contribution is -2.45. The molecule has 0 spiro atoms. The summed E-state index contributed by atoms with van der Waals surface area (Å²) in [6.45, 7) is 4.87. The van der Waals surface area contributed by atoms with E-state index in [1.54, 1.807) is 26.4 Å². The quantitative estimate of drug-likeness (QED) is 0.418. The Morgan fingerprint density at radius 3 is 2.31 bits per heavy atom. The highest BCUT2D eigenvalue weighted by Crippen LogP contribution is 2.39. The number of hydrogen-bond donors (Lipinski definition) is 0. The van der Waals surface area contributed by atoms with Crippen molar-refractivity contribution in [1.29, 1.82) is 0 Å². The van der Waals surface area contributed by atoms with Crippen molar-refractivity contribution in [1.82, 2.24) is 4.90 Å². The number of hydrogen-bond acceptors (Lipinski definition) is 6. The Morgan fingerprint density at radius 2 is 1.75 bits per heavy atom. The molecular weight excluding hydrogens is 412 g/mol. The second-order valence-electron chi connectivity index (χ2n) is 7.78. The van der Waals surface area contributed by atoms with E-state index in [1.807, 2.05) is 30.9 Å². The third kappa shape index (κ3) is 4.79. The molecule has 0 bridgehead atoms. The number of carbonyl (C=O) groups excluding carboxylic acids is 1. The van der Waals surface area contributed by atoms with Gasteiger partial charge in [0.05, 0.1) is 25.2 Å². The van der Waals surface area contributed by atoms with Gasteiger partial charge in [-0.05, 0) is 54.7 Å². The number of nitrogens with zero attached hydrogens (tertiary/aromatic N) is 2. The molecule has 8 nitrogen and oxygen atoms in total. The van der Waals surface area contributed by atoms with E-state index in [4.69, 9.17) is 14.2 Å². The zero-order valence-electron chi connectivity index (χ0n) is 19.0. The first kappa shape index (κ1) is 23.4. The maximum absolute atomic E-state index is 13.3. The van der Waals surface area contributed by atoms with Crippen molar-refractivity contribution in [2.75, 3.05) is 27.4 Å². The lowest BCUT2D eigenvalue weighted by Gasteiger charge is -2.39. The fraction of sp³-hybridized carbons (Fsp3) is 0.458. The van der Waals surface area contributed by atoms with Crippen LogP contribution in [0.4, 0.5) is 5.69 Å². The molecule has 1 amide bonds. The molecule has 2 aromatic carbocycles. The van der Waals surface area contributed by atoms with Crippen molar-refractivity contribution in [3.63, 3.8) is 0 Å². The Labute approximate surface area is 188 Å². The number of benzene rings is 2. The van der Waals surface area contributed by atoms with E-state index in [-0.39, 0.29) is 30.2 Å². The van der Waals surface area contributed by atoms with E-state index < -0.39 is 4.92 Å². The van der Waals surface area contributed by atoms with Gasteiger partial charge in [0, 0.05) is 24.6 Å². The topological polar surface area (TPSA) is 91.1 Å². The highest BCUT2D eigenvalue weighted by molar-refractivity contribution is 5.79. The van der Waals surface area contributed by atoms with Crippen LogP contribution in [0.15, 0.2) is 36.4 Å². The molecule has 2 aromatic rings. The van der Waals surface area contributed by atoms with E-state index in [0.717, 1.165) is 30.4 Å². The van der Waals surface area contributed by atoms with Crippen LogP contribution in [0.2, 0.25) is 0 Å². The number of fused-ring (bicyclic) bond motifs is 1. The van der Waals surface area contributed by atoms with Gasteiger partial charge in [-0.25, -0.2) is 0 Å². The van der Waals surface area contributed by atoms with Crippen LogP contribution >= 0.6 is 0 Å². The Bertz CT molecular complexity index is 956. The number of nitro groups is 1. The van der Waals surface area contributed by atoms with Gasteiger partial charge in [-0.15, -0.1) is 0 Å². The number of amides is 1. The van der Waals surface area contributed by atoms with Crippen LogP contribution in [-0.4, -0.2) is 43.1 Å². The Kier molecular flexibility index (Phi) is 7.56. The third-order valence-electron chi connectivity index (χ3n) is 6.08. The molecule has 0 saturated carbocycles. The van der Waals surface area contributed by atoms with Crippen molar-refractivity contribution >= 4 is 11.6 Å². The van der Waals surface area contributed by atoms with E-state index in [1.165, 1.54) is 12.1 Å². The average Bonchev–Trinajstić information content (AvgIpc) is 2.82. The summed E-state index contributed by atoms with van der Waals surface area (Å²) in [6.07, 6.45) is 2.27. The summed E-state index contributed by atoms with van der Waals surface area (Å²) in [5.41, 5.74) is 2.06. The van der Waals surface area contributed by atoms with Crippen LogP contribution < -0.4 is 14.2 Å². The van der Waals surface area contributed by atoms with Crippen LogP contribution in [0.25, 0.3) is 0 Å². The fourth-order valence-corrected chi connectivity index (χ4v) is 4.18. The second kappa shape index (κ2) is 10.3. The molecule has 0 unspecified atom stereocenters. The number of ether oxygens (including phenoxy) is 3. The first-order valence-corrected chi connectivity index (χ1v) is 10.9. The lowest BCUT2D eigenvalue weighted by atomic mass is 9.90. The molecule has 1 aliphatic heterocycles. The Hall–Kier alpha value is -3.29. The predicted molar refractivity (Wildman–Crippen MR) is 120 cm³/mol. The van der Waals surface area contributed by atoms with Gasteiger partial charge in [0.25, 0.3) is 5.69 Å². The molecule has 0 fully saturated rings. The highest BCUT2D eigenvalue weighted by atomic mass is 16.6. The SMILES string of the molecule is CCC(CC)C(=O)N1CCc2cc(OC)c(OC)cc2[C@H]1COc1ccc([N+](=O)[O-])cc1. The molecule has 0 N–H and O–H groups in total. The van der Waals surface area contributed by atoms with Crippen LogP contribution in [-0.2, 0) is 11.2 Å². The van der Waals surface area contributed by atoms with Crippen LogP contribution in [0.3, 0.4) is 0 Å². The van der Waals surface area contributed by atoms with Gasteiger partial charge in [0.15, 0.2) is 11.5 Å². The van der Waals surface area contributed by atoms with Crippen molar-refractivity contribution in [3.8, 4) is 17.2 Å².